The fourth-order valence-corrected chi connectivity index (χ4v) is 3.56. The van der Waals surface area contributed by atoms with E-state index in [1.807, 2.05) is 13.8 Å². The first-order valence-corrected chi connectivity index (χ1v) is 10.2. The molecule has 0 fully saturated rings. The van der Waals surface area contributed by atoms with Gasteiger partial charge in [-0.15, -0.1) is 11.6 Å². The van der Waals surface area contributed by atoms with Crippen LogP contribution in [0.3, 0.4) is 0 Å². The van der Waals surface area contributed by atoms with Crippen LogP contribution < -0.4 is 16.2 Å². The van der Waals surface area contributed by atoms with Gasteiger partial charge in [-0.2, -0.15) is 10.2 Å². The third-order valence-corrected chi connectivity index (χ3v) is 4.98. The molecular weight excluding hydrogens is 443 g/mol. The Bertz CT molecular complexity index is 1310. The van der Waals surface area contributed by atoms with E-state index in [0.29, 0.717) is 33.6 Å². The Balaban J connectivity index is 1.68. The molecule has 0 radical (unpaired) electrons. The highest BCUT2D eigenvalue weighted by molar-refractivity contribution is 6.29. The maximum Gasteiger partial charge on any atom is 0.323 e. The van der Waals surface area contributed by atoms with Crippen molar-refractivity contribution < 1.29 is 4.79 Å². The van der Waals surface area contributed by atoms with E-state index in [1.165, 1.54) is 10.7 Å². The molecule has 0 saturated carbocycles. The molecule has 3 N–H and O–H groups in total. The number of carbonyl (C=O) groups is 1. The van der Waals surface area contributed by atoms with Gasteiger partial charge >= 0.3 is 6.03 Å². The van der Waals surface area contributed by atoms with Crippen molar-refractivity contribution in [3.8, 4) is 5.82 Å². The van der Waals surface area contributed by atoms with Crippen molar-refractivity contribution in [2.45, 2.75) is 25.6 Å². The fourth-order valence-electron chi connectivity index (χ4n) is 3.19. The molecule has 10 nitrogen and oxygen atoms in total. The molecule has 160 valence electrons. The summed E-state index contributed by atoms with van der Waals surface area (Å²) in [5, 5.41) is 14.2. The van der Waals surface area contributed by atoms with Crippen molar-refractivity contribution in [2.24, 2.45) is 0 Å². The van der Waals surface area contributed by atoms with Gasteiger partial charge in [-0.1, -0.05) is 25.4 Å². The molecule has 4 aromatic heterocycles. The number of aromatic nitrogens is 6. The minimum Gasteiger partial charge on any atom is -0.305 e. The van der Waals surface area contributed by atoms with E-state index in [1.54, 1.807) is 35.2 Å². The molecule has 0 unspecified atom stereocenters. The maximum absolute atomic E-state index is 12.8. The number of fused-ring (bicyclic) bond motifs is 1. The van der Waals surface area contributed by atoms with E-state index in [4.69, 9.17) is 23.2 Å². The molecule has 0 aliphatic heterocycles. The monoisotopic (exact) mass is 460 g/mol. The number of anilines is 2. The summed E-state index contributed by atoms with van der Waals surface area (Å²) in [6.07, 6.45) is 4.75. The number of nitrogens with one attached hydrogen (secondary N) is 3. The summed E-state index contributed by atoms with van der Waals surface area (Å²) in [6.45, 7) is 3.94. The van der Waals surface area contributed by atoms with E-state index in [9.17, 15) is 9.59 Å². The van der Waals surface area contributed by atoms with Crippen molar-refractivity contribution in [1.82, 2.24) is 29.4 Å². The number of H-pyrrole nitrogens is 1. The first-order chi connectivity index (χ1) is 14.9. The van der Waals surface area contributed by atoms with E-state index < -0.39 is 6.03 Å². The van der Waals surface area contributed by atoms with Crippen LogP contribution in [-0.4, -0.2) is 35.4 Å². The molecule has 0 aromatic carbocycles. The maximum atomic E-state index is 12.8. The van der Waals surface area contributed by atoms with E-state index in [2.05, 4.69) is 30.8 Å². The summed E-state index contributed by atoms with van der Waals surface area (Å²) in [4.78, 5) is 32.0. The third-order valence-electron chi connectivity index (χ3n) is 4.51. The Labute approximate surface area is 186 Å². The number of amides is 2. The molecule has 4 aromatic rings. The molecule has 0 saturated heterocycles. The number of nitrogens with zero attached hydrogens (tertiary/aromatic N) is 5. The van der Waals surface area contributed by atoms with Crippen LogP contribution in [0.15, 0.2) is 41.6 Å². The van der Waals surface area contributed by atoms with Crippen molar-refractivity contribution >= 4 is 46.3 Å². The van der Waals surface area contributed by atoms with Crippen LogP contribution in [0.4, 0.5) is 16.2 Å². The second-order valence-electron chi connectivity index (χ2n) is 7.00. The van der Waals surface area contributed by atoms with Gasteiger partial charge in [0.1, 0.15) is 0 Å². The van der Waals surface area contributed by atoms with Gasteiger partial charge in [-0.25, -0.2) is 19.0 Å². The minimum absolute atomic E-state index is 0.0108. The van der Waals surface area contributed by atoms with E-state index in [-0.39, 0.29) is 17.4 Å². The number of pyridine rings is 1. The largest absolute Gasteiger partial charge is 0.323 e. The summed E-state index contributed by atoms with van der Waals surface area (Å²) in [7, 11) is 0. The van der Waals surface area contributed by atoms with Gasteiger partial charge in [0, 0.05) is 24.0 Å². The summed E-state index contributed by atoms with van der Waals surface area (Å²) in [5.74, 6) is 0.311. The number of carbonyl (C=O) groups excluding carboxylic acids is 1. The van der Waals surface area contributed by atoms with Crippen molar-refractivity contribution in [3.63, 3.8) is 0 Å². The second kappa shape index (κ2) is 8.40. The standard InChI is InChI=1S/C19H18Cl2N8O2/c1-10(2)16-13(9-22-15-7-14(21)27-29(15)16)25-19(31)24-12-6-11(8-20)18(30)26-17(12)28-5-3-4-23-28/h3-7,9-10H,8H2,1-2H3,(H,26,30)(H2,24,25,31). The Hall–Kier alpha value is -3.37. The number of hydrogen-bond acceptors (Lipinski definition) is 5. The topological polar surface area (TPSA) is 122 Å². The lowest BCUT2D eigenvalue weighted by Crippen LogP contribution is -2.25. The molecule has 4 rings (SSSR count). The number of rotatable bonds is 5. The Kier molecular flexibility index (Phi) is 5.66. The quantitative estimate of drug-likeness (QED) is 0.391. The lowest BCUT2D eigenvalue weighted by atomic mass is 10.1. The Morgan fingerprint density at radius 2 is 2.03 bits per heavy atom. The van der Waals surface area contributed by atoms with Crippen LogP contribution in [-0.2, 0) is 5.88 Å². The minimum atomic E-state index is -0.540. The van der Waals surface area contributed by atoms with Crippen LogP contribution in [0.5, 0.6) is 0 Å². The van der Waals surface area contributed by atoms with Gasteiger partial charge in [0.15, 0.2) is 16.6 Å². The molecular formula is C19H18Cl2N8O2. The second-order valence-corrected chi connectivity index (χ2v) is 7.65. The summed E-state index contributed by atoms with van der Waals surface area (Å²) in [6, 6.07) is 4.31. The van der Waals surface area contributed by atoms with Crippen LogP contribution >= 0.6 is 23.2 Å². The first kappa shape index (κ1) is 20.9. The average Bonchev–Trinajstić information content (AvgIpc) is 3.37. The van der Waals surface area contributed by atoms with E-state index in [0.717, 1.165) is 5.69 Å². The lowest BCUT2D eigenvalue weighted by molar-refractivity contribution is 0.262. The third kappa shape index (κ3) is 4.12. The molecule has 0 aliphatic rings. The number of alkyl halides is 1. The van der Waals surface area contributed by atoms with Gasteiger partial charge in [0.2, 0.25) is 0 Å². The number of urea groups is 1. The smallest absolute Gasteiger partial charge is 0.305 e. The van der Waals surface area contributed by atoms with Gasteiger partial charge in [-0.05, 0) is 18.1 Å². The number of aromatic amines is 1. The highest BCUT2D eigenvalue weighted by atomic mass is 35.5. The highest BCUT2D eigenvalue weighted by Crippen LogP contribution is 2.26. The molecule has 0 spiro atoms. The molecule has 31 heavy (non-hydrogen) atoms. The van der Waals surface area contributed by atoms with Crippen LogP contribution in [0.25, 0.3) is 11.5 Å². The van der Waals surface area contributed by atoms with Gasteiger partial charge < -0.3 is 15.6 Å². The van der Waals surface area contributed by atoms with E-state index >= 15 is 0 Å². The first-order valence-electron chi connectivity index (χ1n) is 9.31. The normalized spacial score (nSPS) is 11.3. The Morgan fingerprint density at radius 1 is 1.26 bits per heavy atom. The van der Waals surface area contributed by atoms with Gasteiger partial charge in [0.25, 0.3) is 5.56 Å². The molecule has 12 heteroatoms. The number of hydrogen-bond donors (Lipinski definition) is 3. The fraction of sp³-hybridized carbons (Fsp3) is 0.211. The number of halogens is 2. The zero-order chi connectivity index (χ0) is 22.1. The van der Waals surface area contributed by atoms with Crippen LogP contribution in [0, 0.1) is 0 Å². The Morgan fingerprint density at radius 3 is 2.71 bits per heavy atom. The van der Waals surface area contributed by atoms with Crippen LogP contribution in [0.2, 0.25) is 5.15 Å². The van der Waals surface area contributed by atoms with Crippen molar-refractivity contribution in [3.05, 3.63) is 63.6 Å². The molecule has 2 amide bonds. The SMILES string of the molecule is CC(C)c1c(NC(=O)Nc2cc(CCl)c(=O)[nH]c2-n2cccn2)cnc2cc(Cl)nn12. The molecule has 0 atom stereocenters. The van der Waals surface area contributed by atoms with Crippen LogP contribution in [0.1, 0.15) is 31.0 Å². The average molecular weight is 461 g/mol. The predicted molar refractivity (Wildman–Crippen MR) is 118 cm³/mol. The lowest BCUT2D eigenvalue weighted by Gasteiger charge is -2.16. The zero-order valence-corrected chi connectivity index (χ0v) is 18.1. The van der Waals surface area contributed by atoms with Gasteiger partial charge in [0.05, 0.1) is 29.1 Å². The summed E-state index contributed by atoms with van der Waals surface area (Å²) < 4.78 is 3.04. The molecule has 0 aliphatic carbocycles. The molecule has 4 heterocycles. The molecule has 0 bridgehead atoms. The zero-order valence-electron chi connectivity index (χ0n) is 16.6. The summed E-state index contributed by atoms with van der Waals surface area (Å²) >= 11 is 11.9. The van der Waals surface area contributed by atoms with Gasteiger partial charge in [-0.3, -0.25) is 4.79 Å². The summed E-state index contributed by atoms with van der Waals surface area (Å²) in [5.41, 5.74) is 2.07. The van der Waals surface area contributed by atoms with Crippen molar-refractivity contribution in [1.29, 1.82) is 0 Å². The highest BCUT2D eigenvalue weighted by Gasteiger charge is 2.18. The van der Waals surface area contributed by atoms with Crippen molar-refractivity contribution in [2.75, 3.05) is 10.6 Å². The predicted octanol–water partition coefficient (Wildman–Crippen LogP) is 3.76.